The molecule has 2 atom stereocenters. The van der Waals surface area contributed by atoms with Gasteiger partial charge in [-0.05, 0) is 0 Å². The van der Waals surface area contributed by atoms with E-state index in [1.807, 2.05) is 4.98 Å². The van der Waals surface area contributed by atoms with Gasteiger partial charge in [0.1, 0.15) is 0 Å². The van der Waals surface area contributed by atoms with Gasteiger partial charge in [0.05, 0.1) is 0 Å². The maximum Gasteiger partial charge on any atom is 0.347 e. The highest BCUT2D eigenvalue weighted by molar-refractivity contribution is 5.83. The van der Waals surface area contributed by atoms with Crippen LogP contribution in [-0.4, -0.2) is 54.5 Å². The van der Waals surface area contributed by atoms with E-state index in [9.17, 15) is 18.8 Å². The Bertz CT molecular complexity index is 499. The molecule has 0 aliphatic rings. The summed E-state index contributed by atoms with van der Waals surface area (Å²) in [4.78, 5) is 34.9. The molecule has 0 fully saturated rings. The summed E-state index contributed by atoms with van der Waals surface area (Å²) in [6.45, 7) is 0. The van der Waals surface area contributed by atoms with Crippen molar-refractivity contribution in [1.82, 2.24) is 9.97 Å². The van der Waals surface area contributed by atoms with Crippen molar-refractivity contribution >= 4 is 17.8 Å². The summed E-state index contributed by atoms with van der Waals surface area (Å²) in [5, 5.41) is 32.5. The summed E-state index contributed by atoms with van der Waals surface area (Å²) < 4.78 is 12.1. The van der Waals surface area contributed by atoms with Crippen molar-refractivity contribution in [2.45, 2.75) is 12.2 Å². The maximum atomic E-state index is 12.1. The Labute approximate surface area is 104 Å². The topological polar surface area (TPSA) is 187 Å². The van der Waals surface area contributed by atoms with Crippen LogP contribution in [0.2, 0.25) is 0 Å². The minimum atomic E-state index is -2.27. The number of aromatic nitrogens is 2. The number of carboxylic acid groups (broad SMARTS) is 2. The van der Waals surface area contributed by atoms with E-state index in [4.69, 9.17) is 26.2 Å². The molecule has 19 heavy (non-hydrogen) atoms. The molecule has 0 bridgehead atoms. The molecule has 1 aromatic heterocycles. The zero-order valence-electron chi connectivity index (χ0n) is 9.15. The number of aliphatic hydroxyl groups excluding tert-OH is 2. The first kappa shape index (κ1) is 16.5. The molecule has 10 nitrogen and oxygen atoms in total. The number of nitrogens with one attached hydrogen (secondary N) is 1. The largest absolute Gasteiger partial charge is 0.479 e. The molecule has 1 rings (SSSR count). The highest BCUT2D eigenvalue weighted by Crippen LogP contribution is 1.97. The van der Waals surface area contributed by atoms with Crippen molar-refractivity contribution in [3.8, 4) is 0 Å². The molecule has 0 spiro atoms. The van der Waals surface area contributed by atoms with Crippen LogP contribution >= 0.6 is 0 Å². The number of halogens is 1. The summed E-state index contributed by atoms with van der Waals surface area (Å²) in [5.74, 6) is -4.63. The molecule has 0 radical (unpaired) electrons. The average molecular weight is 279 g/mol. The smallest absolute Gasteiger partial charge is 0.347 e. The van der Waals surface area contributed by atoms with E-state index in [-0.39, 0.29) is 5.82 Å². The highest BCUT2D eigenvalue weighted by Gasteiger charge is 2.29. The Kier molecular flexibility index (Phi) is 6.09. The van der Waals surface area contributed by atoms with Crippen molar-refractivity contribution in [2.75, 3.05) is 5.73 Å². The molecule has 7 N–H and O–H groups in total. The number of anilines is 1. The van der Waals surface area contributed by atoms with Gasteiger partial charge in [0, 0.05) is 6.20 Å². The Morgan fingerprint density at radius 1 is 1.26 bits per heavy atom. The van der Waals surface area contributed by atoms with Gasteiger partial charge in [0.2, 0.25) is 0 Å². The first-order chi connectivity index (χ1) is 8.66. The normalized spacial score (nSPS) is 12.8. The summed E-state index contributed by atoms with van der Waals surface area (Å²) in [6, 6.07) is 0. The van der Waals surface area contributed by atoms with E-state index in [1.54, 1.807) is 0 Å². The minimum Gasteiger partial charge on any atom is -0.479 e. The summed E-state index contributed by atoms with van der Waals surface area (Å²) in [6.07, 6.45) is -3.67. The van der Waals surface area contributed by atoms with Gasteiger partial charge in [0.25, 0.3) is 0 Å². The lowest BCUT2D eigenvalue weighted by molar-refractivity contribution is -0.165. The molecule has 0 aliphatic heterocycles. The average Bonchev–Trinajstić information content (AvgIpc) is 2.33. The van der Waals surface area contributed by atoms with Gasteiger partial charge in [-0.15, -0.1) is 0 Å². The number of carbonyl (C=O) groups is 2. The van der Waals surface area contributed by atoms with Crippen LogP contribution in [-0.2, 0) is 9.59 Å². The van der Waals surface area contributed by atoms with Gasteiger partial charge in [-0.1, -0.05) is 0 Å². The van der Waals surface area contributed by atoms with E-state index >= 15 is 0 Å². The molecule has 2 unspecified atom stereocenters. The van der Waals surface area contributed by atoms with Crippen LogP contribution < -0.4 is 11.4 Å². The fourth-order valence-corrected chi connectivity index (χ4v) is 0.664. The Morgan fingerprint density at radius 2 is 1.68 bits per heavy atom. The number of nitrogens with two attached hydrogens (primary N) is 1. The lowest BCUT2D eigenvalue weighted by Gasteiger charge is -2.07. The second kappa shape index (κ2) is 7.03. The number of nitrogen functional groups attached to an aromatic ring is 1. The zero-order chi connectivity index (χ0) is 15.2. The minimum absolute atomic E-state index is 0.376. The van der Waals surface area contributed by atoms with E-state index < -0.39 is 35.7 Å². The summed E-state index contributed by atoms with van der Waals surface area (Å²) in [5.41, 5.74) is 4.27. The molecular formula is C8H10FN3O7. The SMILES string of the molecule is Nc1nc(=O)[nH]cc1F.O=C(O)C(O)C(O)C(=O)O. The fourth-order valence-electron chi connectivity index (χ4n) is 0.664. The van der Waals surface area contributed by atoms with Crippen molar-refractivity contribution in [3.05, 3.63) is 22.5 Å². The number of aliphatic hydroxyl groups is 2. The number of H-pyrrole nitrogens is 1. The van der Waals surface area contributed by atoms with Gasteiger partial charge in [-0.25, -0.2) is 18.8 Å². The predicted octanol–water partition coefficient (Wildman–Crippen LogP) is -2.63. The third-order valence-electron chi connectivity index (χ3n) is 1.59. The molecule has 11 heteroatoms. The molecule has 0 amide bonds. The lowest BCUT2D eigenvalue weighted by atomic mass is 10.2. The number of carboxylic acids is 2. The maximum absolute atomic E-state index is 12.1. The summed E-state index contributed by atoms with van der Waals surface area (Å²) >= 11 is 0. The van der Waals surface area contributed by atoms with Crippen molar-refractivity contribution in [1.29, 1.82) is 0 Å². The molecule has 0 saturated carbocycles. The van der Waals surface area contributed by atoms with Crippen LogP contribution in [0.1, 0.15) is 0 Å². The van der Waals surface area contributed by atoms with Crippen LogP contribution in [0.3, 0.4) is 0 Å². The number of hydrogen-bond acceptors (Lipinski definition) is 7. The van der Waals surface area contributed by atoms with Gasteiger partial charge in [-0.2, -0.15) is 4.98 Å². The highest BCUT2D eigenvalue weighted by atomic mass is 19.1. The Balaban J connectivity index is 0.000000342. The third-order valence-corrected chi connectivity index (χ3v) is 1.59. The number of hydrogen-bond donors (Lipinski definition) is 6. The predicted molar refractivity (Wildman–Crippen MR) is 56.5 cm³/mol. The standard InChI is InChI=1S/C4H4FN3O.C4H6O6/c5-2-1-7-4(9)8-3(2)6;5-1(3(7)8)2(6)4(9)10/h1H,(H3,6,7,8,9);1-2,5-6H,(H,7,8)(H,9,10). The second-order valence-corrected chi connectivity index (χ2v) is 3.00. The number of nitrogens with zero attached hydrogens (tertiary/aromatic N) is 1. The third kappa shape index (κ3) is 5.56. The van der Waals surface area contributed by atoms with Crippen LogP contribution in [0.5, 0.6) is 0 Å². The van der Waals surface area contributed by atoms with Gasteiger partial charge < -0.3 is 31.1 Å². The molecule has 1 aromatic rings. The van der Waals surface area contributed by atoms with Crippen molar-refractivity contribution < 1.29 is 34.4 Å². The number of aliphatic carboxylic acids is 2. The fraction of sp³-hybridized carbons (Fsp3) is 0.250. The Morgan fingerprint density at radius 3 is 1.95 bits per heavy atom. The van der Waals surface area contributed by atoms with E-state index in [0.29, 0.717) is 0 Å². The molecule has 1 heterocycles. The van der Waals surface area contributed by atoms with E-state index in [1.165, 1.54) is 0 Å². The molecule has 0 aromatic carbocycles. The number of rotatable bonds is 3. The van der Waals surface area contributed by atoms with Gasteiger partial charge in [0.15, 0.2) is 23.8 Å². The van der Waals surface area contributed by atoms with Crippen LogP contribution in [0, 0.1) is 5.82 Å². The first-order valence-electron chi connectivity index (χ1n) is 4.49. The van der Waals surface area contributed by atoms with E-state index in [0.717, 1.165) is 6.20 Å². The van der Waals surface area contributed by atoms with Gasteiger partial charge >= 0.3 is 17.6 Å². The van der Waals surface area contributed by atoms with E-state index in [2.05, 4.69) is 4.98 Å². The Hall–Kier alpha value is -2.53. The molecule has 106 valence electrons. The number of aromatic amines is 1. The van der Waals surface area contributed by atoms with Gasteiger partial charge in [-0.3, -0.25) is 0 Å². The zero-order valence-corrected chi connectivity index (χ0v) is 9.15. The van der Waals surface area contributed by atoms with Crippen LogP contribution in [0.25, 0.3) is 0 Å². The first-order valence-corrected chi connectivity index (χ1v) is 4.49. The molecule has 0 saturated heterocycles. The lowest BCUT2D eigenvalue weighted by Crippen LogP contribution is -2.39. The van der Waals surface area contributed by atoms with Crippen LogP contribution in [0.15, 0.2) is 11.0 Å². The van der Waals surface area contributed by atoms with Crippen LogP contribution in [0.4, 0.5) is 10.2 Å². The monoisotopic (exact) mass is 279 g/mol. The van der Waals surface area contributed by atoms with Crippen molar-refractivity contribution in [2.24, 2.45) is 0 Å². The second-order valence-electron chi connectivity index (χ2n) is 3.00. The molecule has 0 aliphatic carbocycles. The quantitative estimate of drug-likeness (QED) is 0.344. The molecular weight excluding hydrogens is 269 g/mol. The van der Waals surface area contributed by atoms with Crippen molar-refractivity contribution in [3.63, 3.8) is 0 Å². The summed E-state index contributed by atoms with van der Waals surface area (Å²) in [7, 11) is 0.